The predicted octanol–water partition coefficient (Wildman–Crippen LogP) is 6.19. The van der Waals surface area contributed by atoms with Crippen LogP contribution in [0.3, 0.4) is 0 Å². The largest absolute Gasteiger partial charge is 0.403 e. The minimum atomic E-state index is -2.73. The Morgan fingerprint density at radius 3 is 2.00 bits per heavy atom. The van der Waals surface area contributed by atoms with Gasteiger partial charge in [-0.1, -0.05) is 93.6 Å². The molecule has 4 rings (SSSR count). The molecule has 6 heteroatoms. The molecule has 1 aliphatic heterocycles. The number of nitrogens with zero attached hydrogens (tertiary/aromatic N) is 1. The SMILES string of the molecule is CN1C(=O)C(Cl)(CCCCl)c2c(CO[Si](c3ccccc3)(c3ccccc3)C(C)(C)C)cccc21. The first-order chi connectivity index (χ1) is 16.7. The summed E-state index contributed by atoms with van der Waals surface area (Å²) in [4.78, 5) is 13.8. The van der Waals surface area contributed by atoms with Gasteiger partial charge in [0.1, 0.15) is 0 Å². The van der Waals surface area contributed by atoms with Crippen molar-refractivity contribution in [1.29, 1.82) is 0 Å². The van der Waals surface area contributed by atoms with Crippen LogP contribution in [0.25, 0.3) is 0 Å². The molecule has 0 radical (unpaired) electrons. The third kappa shape index (κ3) is 4.46. The van der Waals surface area contributed by atoms with Crippen LogP contribution in [-0.2, 0) is 20.7 Å². The van der Waals surface area contributed by atoms with Gasteiger partial charge in [0.15, 0.2) is 4.87 Å². The Morgan fingerprint density at radius 1 is 0.914 bits per heavy atom. The Labute approximate surface area is 220 Å². The van der Waals surface area contributed by atoms with E-state index in [0.717, 1.165) is 16.8 Å². The number of likely N-dealkylation sites (N-methyl/N-ethyl adjacent to an activating group) is 1. The zero-order valence-electron chi connectivity index (χ0n) is 20.9. The second-order valence-electron chi connectivity index (χ2n) is 10.2. The molecule has 0 N–H and O–H groups in total. The fourth-order valence-corrected chi connectivity index (χ4v) is 10.6. The van der Waals surface area contributed by atoms with E-state index in [0.29, 0.717) is 25.3 Å². The standard InChI is InChI=1S/C29H33Cl2NO2Si/c1-28(2,3)35(23-14-7-5-8-15-23,24-16-9-6-10-17-24)34-21-22-13-11-18-25-26(22)29(31,19-12-20-30)27(33)32(25)4/h5-11,13-18H,12,19-21H2,1-4H3. The van der Waals surface area contributed by atoms with Crippen molar-refractivity contribution in [2.45, 2.75) is 50.1 Å². The van der Waals surface area contributed by atoms with Crippen molar-refractivity contribution in [3.63, 3.8) is 0 Å². The first-order valence-corrected chi connectivity index (χ1v) is 14.9. The summed E-state index contributed by atoms with van der Waals surface area (Å²) < 4.78 is 7.17. The van der Waals surface area contributed by atoms with Gasteiger partial charge in [-0.15, -0.1) is 23.2 Å². The second kappa shape index (κ2) is 10.1. The lowest BCUT2D eigenvalue weighted by atomic mass is 9.91. The molecule has 0 aliphatic carbocycles. The zero-order valence-corrected chi connectivity index (χ0v) is 23.4. The molecular weight excluding hydrogens is 493 g/mol. The lowest BCUT2D eigenvalue weighted by molar-refractivity contribution is -0.120. The van der Waals surface area contributed by atoms with E-state index in [-0.39, 0.29) is 10.9 Å². The highest BCUT2D eigenvalue weighted by Crippen LogP contribution is 2.49. The maximum atomic E-state index is 13.3. The van der Waals surface area contributed by atoms with Gasteiger partial charge in [0, 0.05) is 24.2 Å². The molecular formula is C29H33Cl2NO2Si. The topological polar surface area (TPSA) is 29.5 Å². The highest BCUT2D eigenvalue weighted by atomic mass is 35.5. The predicted molar refractivity (Wildman–Crippen MR) is 150 cm³/mol. The zero-order chi connectivity index (χ0) is 25.3. The summed E-state index contributed by atoms with van der Waals surface area (Å²) in [7, 11) is -0.943. The minimum Gasteiger partial charge on any atom is -0.403 e. The van der Waals surface area contributed by atoms with Crippen LogP contribution < -0.4 is 15.3 Å². The summed E-state index contributed by atoms with van der Waals surface area (Å²) in [5.41, 5.74) is 2.66. The molecule has 1 heterocycles. The van der Waals surface area contributed by atoms with E-state index in [1.165, 1.54) is 10.4 Å². The fourth-order valence-electron chi connectivity index (χ4n) is 5.42. The van der Waals surface area contributed by atoms with Crippen molar-refractivity contribution in [3.8, 4) is 0 Å². The molecule has 184 valence electrons. The van der Waals surface area contributed by atoms with Gasteiger partial charge in [-0.2, -0.15) is 0 Å². The van der Waals surface area contributed by atoms with Crippen molar-refractivity contribution in [2.75, 3.05) is 17.8 Å². The Hall–Kier alpha value is -2.11. The van der Waals surface area contributed by atoms with Crippen molar-refractivity contribution in [3.05, 3.63) is 90.0 Å². The van der Waals surface area contributed by atoms with Gasteiger partial charge in [-0.25, -0.2) is 0 Å². The molecule has 1 unspecified atom stereocenters. The van der Waals surface area contributed by atoms with Crippen LogP contribution >= 0.6 is 23.2 Å². The number of carbonyl (C=O) groups is 1. The molecule has 3 aromatic rings. The maximum absolute atomic E-state index is 13.3. The number of amides is 1. The van der Waals surface area contributed by atoms with Gasteiger partial charge in [0.05, 0.1) is 6.61 Å². The van der Waals surface area contributed by atoms with Crippen molar-refractivity contribution < 1.29 is 9.22 Å². The van der Waals surface area contributed by atoms with Gasteiger partial charge in [-0.05, 0) is 39.9 Å². The van der Waals surface area contributed by atoms with Gasteiger partial charge >= 0.3 is 0 Å². The van der Waals surface area contributed by atoms with Crippen LogP contribution in [-0.4, -0.2) is 27.2 Å². The van der Waals surface area contributed by atoms with E-state index in [1.807, 2.05) is 30.3 Å². The number of carbonyl (C=O) groups excluding carboxylic acids is 1. The van der Waals surface area contributed by atoms with Crippen LogP contribution in [0.4, 0.5) is 5.69 Å². The summed E-state index contributed by atoms with van der Waals surface area (Å²) in [6.07, 6.45) is 1.15. The van der Waals surface area contributed by atoms with E-state index in [9.17, 15) is 4.79 Å². The highest BCUT2D eigenvalue weighted by molar-refractivity contribution is 6.99. The summed E-state index contributed by atoms with van der Waals surface area (Å²) in [6, 6.07) is 27.1. The number of alkyl halides is 2. The first kappa shape index (κ1) is 26.0. The number of halogens is 2. The van der Waals surface area contributed by atoms with Gasteiger partial charge in [-0.3, -0.25) is 4.79 Å². The van der Waals surface area contributed by atoms with Crippen LogP contribution in [0.5, 0.6) is 0 Å². The highest BCUT2D eigenvalue weighted by Gasteiger charge is 2.52. The monoisotopic (exact) mass is 525 g/mol. The molecule has 1 atom stereocenters. The van der Waals surface area contributed by atoms with Crippen molar-refractivity contribution in [2.24, 2.45) is 0 Å². The fraction of sp³-hybridized carbons (Fsp3) is 0.345. The number of fused-ring (bicyclic) bond motifs is 1. The third-order valence-corrected chi connectivity index (χ3v) is 12.8. The molecule has 0 saturated heterocycles. The van der Waals surface area contributed by atoms with Crippen LogP contribution in [0, 0.1) is 0 Å². The molecule has 3 aromatic carbocycles. The van der Waals surface area contributed by atoms with E-state index >= 15 is 0 Å². The minimum absolute atomic E-state index is 0.0998. The van der Waals surface area contributed by atoms with Crippen LogP contribution in [0.2, 0.25) is 5.04 Å². The van der Waals surface area contributed by atoms with Crippen molar-refractivity contribution >= 4 is 53.5 Å². The number of hydrogen-bond donors (Lipinski definition) is 0. The van der Waals surface area contributed by atoms with Gasteiger partial charge in [0.2, 0.25) is 0 Å². The average Bonchev–Trinajstić information content (AvgIpc) is 3.05. The molecule has 3 nitrogen and oxygen atoms in total. The molecule has 0 aromatic heterocycles. The number of anilines is 1. The molecule has 1 amide bonds. The van der Waals surface area contributed by atoms with E-state index in [4.69, 9.17) is 27.6 Å². The van der Waals surface area contributed by atoms with E-state index in [1.54, 1.807) is 11.9 Å². The smallest absolute Gasteiger partial charge is 0.261 e. The van der Waals surface area contributed by atoms with Crippen LogP contribution in [0.15, 0.2) is 78.9 Å². The molecule has 0 fully saturated rings. The number of hydrogen-bond acceptors (Lipinski definition) is 2. The molecule has 35 heavy (non-hydrogen) atoms. The summed E-state index contributed by atoms with van der Waals surface area (Å²) in [6.45, 7) is 7.15. The first-order valence-electron chi connectivity index (χ1n) is 12.1. The summed E-state index contributed by atoms with van der Waals surface area (Å²) in [5, 5.41) is 2.30. The van der Waals surface area contributed by atoms with Crippen molar-refractivity contribution in [1.82, 2.24) is 0 Å². The molecule has 1 aliphatic rings. The molecule has 0 spiro atoms. The van der Waals surface area contributed by atoms with Gasteiger partial charge in [0.25, 0.3) is 14.2 Å². The third-order valence-electron chi connectivity index (χ3n) is 7.05. The molecule has 0 saturated carbocycles. The molecule has 0 bridgehead atoms. The number of rotatable bonds is 8. The van der Waals surface area contributed by atoms with Gasteiger partial charge < -0.3 is 9.33 Å². The Bertz CT molecular complexity index is 1140. The average molecular weight is 527 g/mol. The number of benzene rings is 3. The Kier molecular flexibility index (Phi) is 7.49. The van der Waals surface area contributed by atoms with E-state index in [2.05, 4.69) is 69.3 Å². The summed E-state index contributed by atoms with van der Waals surface area (Å²) in [5.74, 6) is 0.360. The second-order valence-corrected chi connectivity index (χ2v) is 15.5. The lowest BCUT2D eigenvalue weighted by Gasteiger charge is -2.43. The maximum Gasteiger partial charge on any atom is 0.261 e. The lowest BCUT2D eigenvalue weighted by Crippen LogP contribution is -2.66. The van der Waals surface area contributed by atoms with E-state index < -0.39 is 13.2 Å². The Morgan fingerprint density at radius 2 is 1.49 bits per heavy atom. The quantitative estimate of drug-likeness (QED) is 0.259. The normalized spacial score (nSPS) is 18.1. The summed E-state index contributed by atoms with van der Waals surface area (Å²) >= 11 is 13.1. The Balaban J connectivity index is 1.83. The van der Waals surface area contributed by atoms with Crippen LogP contribution in [0.1, 0.15) is 44.7 Å².